The molecule has 0 bridgehead atoms. The number of thiocarbonyl (C=S) groups is 1. The Balaban J connectivity index is 1.54. The summed E-state index contributed by atoms with van der Waals surface area (Å²) >= 11 is 7.34. The molecule has 0 saturated carbocycles. The van der Waals surface area contributed by atoms with Crippen LogP contribution < -0.4 is 5.32 Å². The van der Waals surface area contributed by atoms with Gasteiger partial charge in [0.1, 0.15) is 0 Å². The number of fused-ring (bicyclic) bond motifs is 1. The van der Waals surface area contributed by atoms with Crippen LogP contribution in [0.3, 0.4) is 0 Å². The number of hydrogen-bond acceptors (Lipinski definition) is 3. The second-order valence-corrected chi connectivity index (χ2v) is 9.54. The summed E-state index contributed by atoms with van der Waals surface area (Å²) in [4.78, 5) is 6.98. The van der Waals surface area contributed by atoms with Crippen molar-refractivity contribution < 1.29 is 0 Å². The molecule has 1 aromatic heterocycles. The summed E-state index contributed by atoms with van der Waals surface area (Å²) in [7, 11) is 0. The van der Waals surface area contributed by atoms with Crippen LogP contribution in [0.15, 0.2) is 35.4 Å². The third kappa shape index (κ3) is 9.34. The molecule has 1 aromatic carbocycles. The molecule has 0 atom stereocenters. The number of unbranched alkanes of at least 4 members (excludes halogenated alkanes) is 9. The molecule has 1 heterocycles. The van der Waals surface area contributed by atoms with E-state index in [9.17, 15) is 0 Å². The van der Waals surface area contributed by atoms with E-state index >= 15 is 0 Å². The van der Waals surface area contributed by atoms with Gasteiger partial charge in [0, 0.05) is 23.0 Å². The van der Waals surface area contributed by atoms with Gasteiger partial charge in [-0.15, -0.1) is 11.8 Å². The van der Waals surface area contributed by atoms with Crippen LogP contribution in [0.2, 0.25) is 0 Å². The van der Waals surface area contributed by atoms with Crippen molar-refractivity contribution in [2.45, 2.75) is 95.3 Å². The number of pyridine rings is 1. The maximum atomic E-state index is 5.49. The van der Waals surface area contributed by atoms with Gasteiger partial charge in [-0.3, -0.25) is 4.98 Å². The molecule has 0 unspecified atom stereocenters. The molecule has 0 aliphatic heterocycles. The van der Waals surface area contributed by atoms with Gasteiger partial charge in [-0.2, -0.15) is 0 Å². The van der Waals surface area contributed by atoms with Gasteiger partial charge in [0.2, 0.25) is 0 Å². The van der Waals surface area contributed by atoms with Gasteiger partial charge in [0.05, 0.1) is 10.5 Å². The Morgan fingerprint density at radius 1 is 0.933 bits per heavy atom. The highest BCUT2D eigenvalue weighted by molar-refractivity contribution is 7.98. The molecular formula is C26H40N2S2. The van der Waals surface area contributed by atoms with Gasteiger partial charge in [-0.25, -0.2) is 0 Å². The molecule has 4 heteroatoms. The van der Waals surface area contributed by atoms with Gasteiger partial charge in [0.25, 0.3) is 0 Å². The standard InChI is InChI=1S/C26H40N2S2/c1-3-4-5-6-7-8-12-17-26(29)28-20-13-10-9-11-15-23-22-16-14-21-27-24(22)18-19-25(23)30-2/h14,16,18-19,21H,3-13,15,17,20H2,1-2H3,(H,28,29). The van der Waals surface area contributed by atoms with E-state index in [0.29, 0.717) is 0 Å². The number of hydrogen-bond donors (Lipinski definition) is 1. The molecule has 0 saturated heterocycles. The largest absolute Gasteiger partial charge is 0.380 e. The van der Waals surface area contributed by atoms with Crippen molar-refractivity contribution >= 4 is 39.9 Å². The first-order chi connectivity index (χ1) is 14.8. The Hall–Kier alpha value is -1.13. The van der Waals surface area contributed by atoms with E-state index in [1.165, 1.54) is 86.5 Å². The predicted molar refractivity (Wildman–Crippen MR) is 139 cm³/mol. The van der Waals surface area contributed by atoms with Crippen LogP contribution in [-0.4, -0.2) is 22.8 Å². The average molecular weight is 445 g/mol. The molecule has 0 aliphatic rings. The summed E-state index contributed by atoms with van der Waals surface area (Å²) in [6.07, 6.45) is 20.7. The highest BCUT2D eigenvalue weighted by Gasteiger charge is 2.07. The number of nitrogens with zero attached hydrogens (tertiary/aromatic N) is 1. The second kappa shape index (κ2) is 15.6. The molecule has 0 radical (unpaired) electrons. The fraction of sp³-hybridized carbons (Fsp3) is 0.615. The maximum absolute atomic E-state index is 5.49. The zero-order valence-electron chi connectivity index (χ0n) is 19.0. The number of thioether (sulfide) groups is 1. The molecule has 1 N–H and O–H groups in total. The summed E-state index contributed by atoms with van der Waals surface area (Å²) in [5.74, 6) is 0. The highest BCUT2D eigenvalue weighted by Crippen LogP contribution is 2.29. The van der Waals surface area contributed by atoms with E-state index in [0.717, 1.165) is 29.9 Å². The first-order valence-corrected chi connectivity index (χ1v) is 13.6. The van der Waals surface area contributed by atoms with E-state index in [1.54, 1.807) is 0 Å². The Morgan fingerprint density at radius 2 is 1.67 bits per heavy atom. The Labute approximate surface area is 194 Å². The third-order valence-corrected chi connectivity index (χ3v) is 6.93. The molecule has 30 heavy (non-hydrogen) atoms. The number of aryl methyl sites for hydroxylation is 1. The predicted octanol–water partition coefficient (Wildman–Crippen LogP) is 8.12. The van der Waals surface area contributed by atoms with Gasteiger partial charge >= 0.3 is 0 Å². The van der Waals surface area contributed by atoms with Crippen LogP contribution in [-0.2, 0) is 6.42 Å². The lowest BCUT2D eigenvalue weighted by molar-refractivity contribution is 0.592. The lowest BCUT2D eigenvalue weighted by Crippen LogP contribution is -2.22. The third-order valence-electron chi connectivity index (χ3n) is 5.76. The van der Waals surface area contributed by atoms with Crippen LogP contribution in [0.1, 0.15) is 89.5 Å². The van der Waals surface area contributed by atoms with E-state index in [4.69, 9.17) is 12.2 Å². The van der Waals surface area contributed by atoms with Gasteiger partial charge in [0.15, 0.2) is 0 Å². The van der Waals surface area contributed by atoms with E-state index in [2.05, 4.69) is 47.7 Å². The molecule has 2 rings (SSSR count). The normalized spacial score (nSPS) is 11.1. The smallest absolute Gasteiger partial charge is 0.0753 e. The molecule has 2 aromatic rings. The van der Waals surface area contributed by atoms with Crippen LogP contribution >= 0.6 is 24.0 Å². The average Bonchev–Trinajstić information content (AvgIpc) is 2.77. The van der Waals surface area contributed by atoms with Crippen molar-refractivity contribution in [3.63, 3.8) is 0 Å². The molecule has 2 nitrogen and oxygen atoms in total. The summed E-state index contributed by atoms with van der Waals surface area (Å²) in [5.41, 5.74) is 2.59. The topological polar surface area (TPSA) is 24.9 Å². The quantitative estimate of drug-likeness (QED) is 0.160. The minimum absolute atomic E-state index is 1.03. The zero-order valence-corrected chi connectivity index (χ0v) is 20.7. The molecule has 0 amide bonds. The van der Waals surface area contributed by atoms with E-state index in [1.807, 2.05) is 18.0 Å². The zero-order chi connectivity index (χ0) is 21.4. The molecule has 0 aliphatic carbocycles. The van der Waals surface area contributed by atoms with Crippen molar-refractivity contribution in [2.24, 2.45) is 0 Å². The van der Waals surface area contributed by atoms with Crippen LogP contribution in [0.5, 0.6) is 0 Å². The van der Waals surface area contributed by atoms with Crippen molar-refractivity contribution in [1.29, 1.82) is 0 Å². The lowest BCUT2D eigenvalue weighted by atomic mass is 10.0. The van der Waals surface area contributed by atoms with Gasteiger partial charge in [-0.1, -0.05) is 76.6 Å². The summed E-state index contributed by atoms with van der Waals surface area (Å²) in [5, 5.41) is 4.79. The fourth-order valence-electron chi connectivity index (χ4n) is 3.98. The number of aromatic nitrogens is 1. The number of rotatable bonds is 16. The SMILES string of the molecule is CCCCCCCCCC(=S)NCCCCCCc1c(SC)ccc2ncccc12. The van der Waals surface area contributed by atoms with Crippen molar-refractivity contribution in [3.05, 3.63) is 36.0 Å². The second-order valence-electron chi connectivity index (χ2n) is 8.20. The maximum Gasteiger partial charge on any atom is 0.0753 e. The first-order valence-electron chi connectivity index (χ1n) is 11.9. The van der Waals surface area contributed by atoms with Crippen molar-refractivity contribution in [1.82, 2.24) is 10.3 Å². The van der Waals surface area contributed by atoms with Crippen molar-refractivity contribution in [3.8, 4) is 0 Å². The van der Waals surface area contributed by atoms with Crippen LogP contribution in [0.25, 0.3) is 10.9 Å². The molecular weight excluding hydrogens is 404 g/mol. The molecule has 0 fully saturated rings. The van der Waals surface area contributed by atoms with E-state index in [-0.39, 0.29) is 0 Å². The van der Waals surface area contributed by atoms with Gasteiger partial charge < -0.3 is 5.32 Å². The number of benzene rings is 1. The van der Waals surface area contributed by atoms with E-state index < -0.39 is 0 Å². The Bertz CT molecular complexity index is 745. The molecule has 166 valence electrons. The highest BCUT2D eigenvalue weighted by atomic mass is 32.2. The van der Waals surface area contributed by atoms with Crippen LogP contribution in [0, 0.1) is 0 Å². The first kappa shape index (κ1) is 25.1. The molecule has 0 spiro atoms. The Morgan fingerprint density at radius 3 is 2.47 bits per heavy atom. The number of nitrogens with one attached hydrogen (secondary N) is 1. The lowest BCUT2D eigenvalue weighted by Gasteiger charge is -2.11. The fourth-order valence-corrected chi connectivity index (χ4v) is 4.89. The summed E-state index contributed by atoms with van der Waals surface area (Å²) in [6, 6.07) is 8.64. The summed E-state index contributed by atoms with van der Waals surface area (Å²) in [6.45, 7) is 3.30. The minimum Gasteiger partial charge on any atom is -0.380 e. The monoisotopic (exact) mass is 444 g/mol. The minimum atomic E-state index is 1.03. The van der Waals surface area contributed by atoms with Gasteiger partial charge in [-0.05, 0) is 62.1 Å². The van der Waals surface area contributed by atoms with Crippen molar-refractivity contribution in [2.75, 3.05) is 12.8 Å². The summed E-state index contributed by atoms with van der Waals surface area (Å²) < 4.78 is 0. The van der Waals surface area contributed by atoms with Crippen LogP contribution in [0.4, 0.5) is 0 Å². The Kier molecular flexibility index (Phi) is 13.1.